The van der Waals surface area contributed by atoms with Gasteiger partial charge in [-0.15, -0.1) is 24.8 Å². The van der Waals surface area contributed by atoms with Crippen LogP contribution in [0.5, 0.6) is 0 Å². The van der Waals surface area contributed by atoms with Crippen molar-refractivity contribution in [3.05, 3.63) is 35.8 Å². The van der Waals surface area contributed by atoms with Crippen molar-refractivity contribution in [1.82, 2.24) is 24.4 Å². The highest BCUT2D eigenvalue weighted by atomic mass is 35.5. The molecule has 1 saturated carbocycles. The maximum atomic E-state index is 5.97. The highest BCUT2D eigenvalue weighted by molar-refractivity contribution is 5.85. The standard InChI is InChI=1S/C19H29N7O.2ClH/c1-24-4-3-21-19(24)12-25-5-7-26(8-6-25)18-11-16(14-9-15(20)10-14)22-17(23-18)13-27-2;;/h3-4,11,14-15H,5-10,12-13,20H2,1-2H3;2*1H. The molecule has 1 aliphatic carbocycles. The smallest absolute Gasteiger partial charge is 0.156 e. The molecule has 162 valence electrons. The molecule has 2 fully saturated rings. The van der Waals surface area contributed by atoms with Crippen molar-refractivity contribution in [1.29, 1.82) is 0 Å². The second kappa shape index (κ2) is 10.5. The van der Waals surface area contributed by atoms with Gasteiger partial charge in [0, 0.05) is 76.5 Å². The summed E-state index contributed by atoms with van der Waals surface area (Å²) in [4.78, 5) is 18.7. The van der Waals surface area contributed by atoms with E-state index in [1.165, 1.54) is 0 Å². The predicted octanol–water partition coefficient (Wildman–Crippen LogP) is 1.73. The number of hydrogen-bond donors (Lipinski definition) is 1. The number of rotatable bonds is 6. The average Bonchev–Trinajstić information content (AvgIpc) is 3.04. The summed E-state index contributed by atoms with van der Waals surface area (Å²) in [6, 6.07) is 2.47. The van der Waals surface area contributed by atoms with E-state index in [0.29, 0.717) is 18.6 Å². The first-order chi connectivity index (χ1) is 13.1. The van der Waals surface area contributed by atoms with E-state index >= 15 is 0 Å². The third-order valence-corrected chi connectivity index (χ3v) is 5.63. The van der Waals surface area contributed by atoms with Crippen LogP contribution in [-0.2, 0) is 24.9 Å². The predicted molar refractivity (Wildman–Crippen MR) is 118 cm³/mol. The van der Waals surface area contributed by atoms with Gasteiger partial charge < -0.3 is 19.9 Å². The van der Waals surface area contributed by atoms with E-state index in [0.717, 1.165) is 68.7 Å². The summed E-state index contributed by atoms with van der Waals surface area (Å²) in [5.74, 6) is 3.35. The largest absolute Gasteiger partial charge is 0.377 e. The van der Waals surface area contributed by atoms with Gasteiger partial charge in [0.1, 0.15) is 18.2 Å². The molecule has 8 nitrogen and oxygen atoms in total. The fraction of sp³-hybridized carbons (Fsp3) is 0.632. The van der Waals surface area contributed by atoms with Gasteiger partial charge in [0.15, 0.2) is 5.82 Å². The molecule has 0 atom stereocenters. The van der Waals surface area contributed by atoms with E-state index in [-0.39, 0.29) is 24.8 Å². The van der Waals surface area contributed by atoms with Crippen molar-refractivity contribution in [2.45, 2.75) is 38.0 Å². The SMILES string of the molecule is COCc1nc(C2CC(N)C2)cc(N2CCN(Cc3nccn3C)CC2)n1.Cl.Cl. The molecule has 2 N–H and O–H groups in total. The zero-order valence-electron chi connectivity index (χ0n) is 17.0. The molecule has 29 heavy (non-hydrogen) atoms. The first-order valence-corrected chi connectivity index (χ1v) is 9.68. The molecular formula is C19H31Cl2N7O. The minimum Gasteiger partial charge on any atom is -0.377 e. The summed E-state index contributed by atoms with van der Waals surface area (Å²) in [6.07, 6.45) is 5.88. The van der Waals surface area contributed by atoms with Crippen LogP contribution < -0.4 is 10.6 Å². The summed E-state index contributed by atoms with van der Waals surface area (Å²) in [5.41, 5.74) is 7.09. The molecule has 10 heteroatoms. The van der Waals surface area contributed by atoms with Crippen molar-refractivity contribution in [2.75, 3.05) is 38.2 Å². The molecular weight excluding hydrogens is 413 g/mol. The Morgan fingerprint density at radius 3 is 2.45 bits per heavy atom. The monoisotopic (exact) mass is 443 g/mol. The van der Waals surface area contributed by atoms with Crippen LogP contribution in [0, 0.1) is 0 Å². The van der Waals surface area contributed by atoms with Gasteiger partial charge in [-0.2, -0.15) is 0 Å². The highest BCUT2D eigenvalue weighted by Crippen LogP contribution is 2.35. The summed E-state index contributed by atoms with van der Waals surface area (Å²) >= 11 is 0. The summed E-state index contributed by atoms with van der Waals surface area (Å²) in [7, 11) is 3.73. The van der Waals surface area contributed by atoms with E-state index in [4.69, 9.17) is 20.4 Å². The van der Waals surface area contributed by atoms with Crippen LogP contribution in [-0.4, -0.2) is 63.7 Å². The molecule has 0 unspecified atom stereocenters. The number of aryl methyl sites for hydroxylation is 1. The van der Waals surface area contributed by atoms with Crippen LogP contribution in [0.15, 0.2) is 18.5 Å². The zero-order valence-corrected chi connectivity index (χ0v) is 18.7. The molecule has 0 radical (unpaired) electrons. The molecule has 1 aliphatic heterocycles. The van der Waals surface area contributed by atoms with E-state index in [2.05, 4.69) is 25.4 Å². The van der Waals surface area contributed by atoms with Gasteiger partial charge in [0.2, 0.25) is 0 Å². The van der Waals surface area contributed by atoms with Crippen LogP contribution in [0.25, 0.3) is 0 Å². The second-order valence-electron chi connectivity index (χ2n) is 7.65. The van der Waals surface area contributed by atoms with Crippen LogP contribution in [0.1, 0.15) is 36.1 Å². The van der Waals surface area contributed by atoms with E-state index in [1.54, 1.807) is 7.11 Å². The average molecular weight is 444 g/mol. The molecule has 4 rings (SSSR count). The molecule has 2 aliphatic rings. The van der Waals surface area contributed by atoms with Crippen molar-refractivity contribution >= 4 is 30.6 Å². The number of ether oxygens (including phenoxy) is 1. The van der Waals surface area contributed by atoms with Crippen molar-refractivity contribution < 1.29 is 4.74 Å². The summed E-state index contributed by atoms with van der Waals surface area (Å²) in [5, 5.41) is 0. The normalized spacial score (nSPS) is 21.8. The van der Waals surface area contributed by atoms with Gasteiger partial charge in [-0.25, -0.2) is 15.0 Å². The van der Waals surface area contributed by atoms with Gasteiger partial charge >= 0.3 is 0 Å². The summed E-state index contributed by atoms with van der Waals surface area (Å²) in [6.45, 7) is 5.25. The Bertz CT molecular complexity index is 774. The number of anilines is 1. The Morgan fingerprint density at radius 1 is 1.14 bits per heavy atom. The molecule has 0 bridgehead atoms. The Balaban J connectivity index is 0.00000150. The maximum Gasteiger partial charge on any atom is 0.156 e. The number of halogens is 2. The number of hydrogen-bond acceptors (Lipinski definition) is 7. The molecule has 3 heterocycles. The highest BCUT2D eigenvalue weighted by Gasteiger charge is 2.30. The second-order valence-corrected chi connectivity index (χ2v) is 7.65. The fourth-order valence-corrected chi connectivity index (χ4v) is 3.86. The Labute approximate surface area is 184 Å². The Hall–Kier alpha value is -1.45. The lowest BCUT2D eigenvalue weighted by atomic mass is 9.78. The lowest BCUT2D eigenvalue weighted by molar-refractivity contribution is 0.177. The summed E-state index contributed by atoms with van der Waals surface area (Å²) < 4.78 is 7.37. The Morgan fingerprint density at radius 2 is 1.86 bits per heavy atom. The van der Waals surface area contributed by atoms with E-state index in [1.807, 2.05) is 19.4 Å². The van der Waals surface area contributed by atoms with Gasteiger partial charge in [-0.1, -0.05) is 0 Å². The van der Waals surface area contributed by atoms with Gasteiger partial charge in [0.05, 0.1) is 6.54 Å². The van der Waals surface area contributed by atoms with Crippen LogP contribution in [0.3, 0.4) is 0 Å². The van der Waals surface area contributed by atoms with Gasteiger partial charge in [-0.3, -0.25) is 4.90 Å². The lowest BCUT2D eigenvalue weighted by Gasteiger charge is -2.36. The number of imidazole rings is 1. The molecule has 1 saturated heterocycles. The van der Waals surface area contributed by atoms with Gasteiger partial charge in [-0.05, 0) is 12.8 Å². The zero-order chi connectivity index (χ0) is 18.8. The van der Waals surface area contributed by atoms with Crippen molar-refractivity contribution in [2.24, 2.45) is 12.8 Å². The molecule has 0 aromatic carbocycles. The van der Waals surface area contributed by atoms with Crippen LogP contribution in [0.4, 0.5) is 5.82 Å². The first-order valence-electron chi connectivity index (χ1n) is 9.68. The third kappa shape index (κ3) is 5.58. The fourth-order valence-electron chi connectivity index (χ4n) is 3.86. The molecule has 2 aromatic heterocycles. The van der Waals surface area contributed by atoms with Gasteiger partial charge in [0.25, 0.3) is 0 Å². The van der Waals surface area contributed by atoms with Crippen LogP contribution in [0.2, 0.25) is 0 Å². The third-order valence-electron chi connectivity index (χ3n) is 5.63. The number of nitrogens with two attached hydrogens (primary N) is 1. The van der Waals surface area contributed by atoms with E-state index in [9.17, 15) is 0 Å². The number of nitrogens with zero attached hydrogens (tertiary/aromatic N) is 6. The Kier molecular flexibility index (Phi) is 8.66. The molecule has 0 amide bonds. The van der Waals surface area contributed by atoms with Crippen LogP contribution >= 0.6 is 24.8 Å². The van der Waals surface area contributed by atoms with Crippen molar-refractivity contribution in [3.8, 4) is 0 Å². The lowest BCUT2D eigenvalue weighted by Crippen LogP contribution is -2.46. The minimum atomic E-state index is 0. The topological polar surface area (TPSA) is 85.3 Å². The first kappa shape index (κ1) is 23.8. The minimum absolute atomic E-state index is 0. The van der Waals surface area contributed by atoms with E-state index < -0.39 is 0 Å². The maximum absolute atomic E-state index is 5.97. The number of methoxy groups -OCH3 is 1. The molecule has 0 spiro atoms. The number of aromatic nitrogens is 4. The van der Waals surface area contributed by atoms with Crippen molar-refractivity contribution in [3.63, 3.8) is 0 Å². The molecule has 2 aromatic rings. The number of piperazine rings is 1. The quantitative estimate of drug-likeness (QED) is 0.726.